The van der Waals surface area contributed by atoms with Crippen molar-refractivity contribution in [3.05, 3.63) is 0 Å². The molecule has 0 unspecified atom stereocenters. The van der Waals surface area contributed by atoms with Crippen molar-refractivity contribution in [3.8, 4) is 0 Å². The van der Waals surface area contributed by atoms with Gasteiger partial charge in [0.1, 0.15) is 0 Å². The van der Waals surface area contributed by atoms with E-state index >= 15 is 0 Å². The van der Waals surface area contributed by atoms with Gasteiger partial charge in [-0.15, -0.1) is 0 Å². The second kappa shape index (κ2) is 28.5. The van der Waals surface area contributed by atoms with Crippen molar-refractivity contribution >= 4 is 0 Å². The second-order valence-electron chi connectivity index (χ2n) is 4.71. The molecule has 0 aromatic rings. The van der Waals surface area contributed by atoms with Gasteiger partial charge in [0.05, 0.1) is 79.3 Å². The smallest absolute Gasteiger partial charge is 0.0701 e. The Morgan fingerprint density at radius 2 is 0.760 bits per heavy atom. The summed E-state index contributed by atoms with van der Waals surface area (Å²) < 4.78 is 30.8. The number of hydrogen-bond donors (Lipinski definition) is 2. The van der Waals surface area contributed by atoms with Crippen molar-refractivity contribution in [1.29, 1.82) is 0 Å². The molecule has 0 radical (unpaired) electrons. The molecule has 0 atom stereocenters. The van der Waals surface area contributed by atoms with Crippen LogP contribution in [0.1, 0.15) is 20.3 Å². The lowest BCUT2D eigenvalue weighted by molar-refractivity contribution is -0.0151. The molecule has 25 heavy (non-hydrogen) atoms. The summed E-state index contributed by atoms with van der Waals surface area (Å²) >= 11 is 0. The van der Waals surface area contributed by atoms with Crippen LogP contribution in [-0.4, -0.2) is 103 Å². The van der Waals surface area contributed by atoms with E-state index in [1.54, 1.807) is 0 Å². The first-order valence-electron chi connectivity index (χ1n) is 9.01. The summed E-state index contributed by atoms with van der Waals surface area (Å²) in [5.74, 6) is 0. The van der Waals surface area contributed by atoms with Gasteiger partial charge in [-0.3, -0.25) is 0 Å². The molecule has 2 N–H and O–H groups in total. The van der Waals surface area contributed by atoms with Crippen LogP contribution >= 0.6 is 0 Å². The molecule has 0 aromatic heterocycles. The molecule has 0 bridgehead atoms. The van der Waals surface area contributed by atoms with E-state index in [1.807, 2.05) is 6.92 Å². The van der Waals surface area contributed by atoms with Gasteiger partial charge in [0, 0.05) is 13.2 Å². The normalized spacial score (nSPS) is 10.6. The van der Waals surface area contributed by atoms with Crippen LogP contribution in [-0.2, 0) is 28.4 Å². The van der Waals surface area contributed by atoms with Crippen LogP contribution in [0, 0.1) is 0 Å². The van der Waals surface area contributed by atoms with E-state index in [1.165, 1.54) is 0 Å². The van der Waals surface area contributed by atoms with E-state index in [2.05, 4.69) is 6.92 Å². The highest BCUT2D eigenvalue weighted by molar-refractivity contribution is 4.35. The molecular weight excluding hydrogens is 332 g/mol. The van der Waals surface area contributed by atoms with Crippen molar-refractivity contribution in [1.82, 2.24) is 0 Å². The molecule has 8 heteroatoms. The summed E-state index contributed by atoms with van der Waals surface area (Å²) in [6.45, 7) is 10.7. The number of aliphatic hydroxyl groups excluding tert-OH is 2. The zero-order valence-electron chi connectivity index (χ0n) is 16.0. The van der Waals surface area contributed by atoms with Crippen LogP contribution in [0.2, 0.25) is 0 Å². The Balaban J connectivity index is 0. The fourth-order valence-corrected chi connectivity index (χ4v) is 1.40. The van der Waals surface area contributed by atoms with Gasteiger partial charge in [-0.1, -0.05) is 6.92 Å². The first-order valence-corrected chi connectivity index (χ1v) is 9.01. The molecule has 0 aromatic carbocycles. The predicted octanol–water partition coefficient (Wildman–Crippen LogP) is 0.487. The Bertz CT molecular complexity index is 187. The lowest BCUT2D eigenvalue weighted by Gasteiger charge is -2.07. The summed E-state index contributed by atoms with van der Waals surface area (Å²) in [5, 5.41) is 16.9. The SMILES string of the molecule is CCCOCC.OCCOCCOCCOCCOCCOCCO. The Kier molecular flexibility index (Phi) is 30.7. The molecule has 0 spiro atoms. The number of rotatable bonds is 19. The highest BCUT2D eigenvalue weighted by atomic mass is 16.6. The van der Waals surface area contributed by atoms with E-state index in [-0.39, 0.29) is 13.2 Å². The van der Waals surface area contributed by atoms with Gasteiger partial charge in [-0.25, -0.2) is 0 Å². The third-order valence-corrected chi connectivity index (χ3v) is 2.51. The zero-order valence-corrected chi connectivity index (χ0v) is 16.0. The average molecular weight is 370 g/mol. The molecule has 0 amide bonds. The van der Waals surface area contributed by atoms with Crippen LogP contribution in [0.15, 0.2) is 0 Å². The van der Waals surface area contributed by atoms with Crippen LogP contribution in [0.4, 0.5) is 0 Å². The molecule has 0 aliphatic rings. The average Bonchev–Trinajstić information content (AvgIpc) is 2.64. The standard InChI is InChI=1S/C12H26O7.C5H12O/c13-1-3-15-5-7-17-9-11-19-12-10-18-8-6-16-4-2-14;1-3-5-6-4-2/h13-14H,1-12H2;3-5H2,1-2H3. The molecular formula is C17H38O8. The van der Waals surface area contributed by atoms with Gasteiger partial charge >= 0.3 is 0 Å². The molecule has 0 heterocycles. The number of ether oxygens (including phenoxy) is 6. The first kappa shape index (κ1) is 26.9. The van der Waals surface area contributed by atoms with E-state index in [9.17, 15) is 0 Å². The summed E-state index contributed by atoms with van der Waals surface area (Å²) in [6, 6.07) is 0. The Morgan fingerprint density at radius 3 is 0.960 bits per heavy atom. The van der Waals surface area contributed by atoms with E-state index < -0.39 is 0 Å². The van der Waals surface area contributed by atoms with Crippen molar-refractivity contribution in [2.45, 2.75) is 20.3 Å². The minimum absolute atomic E-state index is 0.0359. The molecule has 0 saturated heterocycles. The molecule has 0 fully saturated rings. The monoisotopic (exact) mass is 370 g/mol. The third-order valence-electron chi connectivity index (χ3n) is 2.51. The molecule has 0 rings (SSSR count). The zero-order chi connectivity index (χ0) is 18.8. The minimum Gasteiger partial charge on any atom is -0.394 e. The molecule has 0 saturated carbocycles. The summed E-state index contributed by atoms with van der Waals surface area (Å²) in [5.41, 5.74) is 0. The van der Waals surface area contributed by atoms with E-state index in [0.29, 0.717) is 66.1 Å². The van der Waals surface area contributed by atoms with Gasteiger partial charge in [0.15, 0.2) is 0 Å². The largest absolute Gasteiger partial charge is 0.394 e. The van der Waals surface area contributed by atoms with Crippen molar-refractivity contribution in [2.75, 3.05) is 92.5 Å². The number of aliphatic hydroxyl groups is 2. The lowest BCUT2D eigenvalue weighted by Crippen LogP contribution is -2.14. The Labute approximate surface area is 152 Å². The first-order chi connectivity index (χ1) is 12.3. The van der Waals surface area contributed by atoms with Crippen LogP contribution in [0.25, 0.3) is 0 Å². The summed E-state index contributed by atoms with van der Waals surface area (Å²) in [7, 11) is 0. The maximum atomic E-state index is 8.45. The maximum Gasteiger partial charge on any atom is 0.0701 e. The third kappa shape index (κ3) is 31.9. The molecule has 154 valence electrons. The van der Waals surface area contributed by atoms with Crippen LogP contribution in [0.5, 0.6) is 0 Å². The van der Waals surface area contributed by atoms with Crippen LogP contribution < -0.4 is 0 Å². The fraction of sp³-hybridized carbons (Fsp3) is 1.00. The fourth-order valence-electron chi connectivity index (χ4n) is 1.40. The van der Waals surface area contributed by atoms with Gasteiger partial charge < -0.3 is 38.6 Å². The van der Waals surface area contributed by atoms with E-state index in [0.717, 1.165) is 19.6 Å². The number of hydrogen-bond acceptors (Lipinski definition) is 8. The highest BCUT2D eigenvalue weighted by Gasteiger charge is 1.92. The molecule has 0 aliphatic carbocycles. The Hall–Kier alpha value is -0.320. The predicted molar refractivity (Wildman–Crippen MR) is 95.1 cm³/mol. The summed E-state index contributed by atoms with van der Waals surface area (Å²) in [6.07, 6.45) is 1.13. The van der Waals surface area contributed by atoms with Gasteiger partial charge in [-0.05, 0) is 13.3 Å². The molecule has 8 nitrogen and oxygen atoms in total. The lowest BCUT2D eigenvalue weighted by atomic mass is 10.5. The van der Waals surface area contributed by atoms with Gasteiger partial charge in [0.2, 0.25) is 0 Å². The highest BCUT2D eigenvalue weighted by Crippen LogP contribution is 1.83. The van der Waals surface area contributed by atoms with Crippen molar-refractivity contribution in [2.24, 2.45) is 0 Å². The quantitative estimate of drug-likeness (QED) is 0.317. The van der Waals surface area contributed by atoms with Crippen molar-refractivity contribution in [3.63, 3.8) is 0 Å². The minimum atomic E-state index is 0.0359. The van der Waals surface area contributed by atoms with Gasteiger partial charge in [-0.2, -0.15) is 0 Å². The van der Waals surface area contributed by atoms with Crippen molar-refractivity contribution < 1.29 is 38.6 Å². The Morgan fingerprint density at radius 1 is 0.440 bits per heavy atom. The van der Waals surface area contributed by atoms with Crippen LogP contribution in [0.3, 0.4) is 0 Å². The summed E-state index contributed by atoms with van der Waals surface area (Å²) in [4.78, 5) is 0. The van der Waals surface area contributed by atoms with Gasteiger partial charge in [0.25, 0.3) is 0 Å². The second-order valence-corrected chi connectivity index (χ2v) is 4.71. The maximum absolute atomic E-state index is 8.45. The topological polar surface area (TPSA) is 95.8 Å². The molecule has 0 aliphatic heterocycles. The van der Waals surface area contributed by atoms with E-state index in [4.69, 9.17) is 38.6 Å².